The maximum absolute atomic E-state index is 6.16. The van der Waals surface area contributed by atoms with Gasteiger partial charge in [0, 0.05) is 68.8 Å². The van der Waals surface area contributed by atoms with E-state index in [4.69, 9.17) is 9.40 Å². The molecule has 0 bridgehead atoms. The number of hydrogen-bond acceptors (Lipinski definition) is 7. The largest absolute Gasteiger partial charge is 0.456 e. The van der Waals surface area contributed by atoms with Crippen LogP contribution >= 0.6 is 0 Å². The Labute approximate surface area is 298 Å². The van der Waals surface area contributed by atoms with Crippen LogP contribution in [0.4, 0.5) is 17.1 Å². The minimum atomic E-state index is 0.829. The number of pyridine rings is 1. The molecule has 10 rings (SSSR count). The molecule has 0 N–H and O–H groups in total. The van der Waals surface area contributed by atoms with Crippen LogP contribution < -0.4 is 4.90 Å². The summed E-state index contributed by atoms with van der Waals surface area (Å²) >= 11 is 0. The quantitative estimate of drug-likeness (QED) is 0.174. The number of rotatable bonds is 6. The molecule has 244 valence electrons. The van der Waals surface area contributed by atoms with E-state index < -0.39 is 0 Å². The summed E-state index contributed by atoms with van der Waals surface area (Å²) in [6, 6.07) is 48.5. The van der Waals surface area contributed by atoms with E-state index in [2.05, 4.69) is 128 Å². The highest BCUT2D eigenvalue weighted by Gasteiger charge is 2.15. The third-order valence-electron chi connectivity index (χ3n) is 9.61. The van der Waals surface area contributed by atoms with Crippen molar-refractivity contribution in [3.63, 3.8) is 0 Å². The molecule has 7 heteroatoms. The molecule has 6 aromatic carbocycles. The molecule has 0 fully saturated rings. The minimum Gasteiger partial charge on any atom is -0.456 e. The van der Waals surface area contributed by atoms with Gasteiger partial charge in [0.1, 0.15) is 23.8 Å². The SMILES string of the molecule is c1ccc2c(c1)oc1cc(-c3ccc(N(c4ccc(-c5ccc6ncncc6c5)cc4)c4ccc(-c5ccc6ncncc6c5)cc4)cc3)ncc12. The zero-order valence-electron chi connectivity index (χ0n) is 27.8. The summed E-state index contributed by atoms with van der Waals surface area (Å²) in [5.41, 5.74) is 13.0. The summed E-state index contributed by atoms with van der Waals surface area (Å²) in [5, 5.41) is 4.12. The van der Waals surface area contributed by atoms with E-state index in [1.54, 1.807) is 12.7 Å². The van der Waals surface area contributed by atoms with Crippen molar-refractivity contribution in [3.05, 3.63) is 171 Å². The summed E-state index contributed by atoms with van der Waals surface area (Å²) in [7, 11) is 0. The Balaban J connectivity index is 1.02. The fourth-order valence-electron chi connectivity index (χ4n) is 6.94. The summed E-state index contributed by atoms with van der Waals surface area (Å²) < 4.78 is 6.16. The molecular weight excluding hydrogens is 641 g/mol. The molecule has 0 aliphatic heterocycles. The van der Waals surface area contributed by atoms with Crippen molar-refractivity contribution in [2.24, 2.45) is 0 Å². The van der Waals surface area contributed by atoms with E-state index in [1.165, 1.54) is 0 Å². The third kappa shape index (κ3) is 5.28. The molecule has 0 radical (unpaired) electrons. The number of furan rings is 1. The Morgan fingerprint density at radius 2 is 0.923 bits per heavy atom. The first-order valence-corrected chi connectivity index (χ1v) is 17.0. The van der Waals surface area contributed by atoms with Crippen molar-refractivity contribution >= 4 is 60.8 Å². The average molecular weight is 669 g/mol. The van der Waals surface area contributed by atoms with E-state index in [-0.39, 0.29) is 0 Å². The van der Waals surface area contributed by atoms with Crippen molar-refractivity contribution in [2.75, 3.05) is 4.90 Å². The van der Waals surface area contributed by atoms with E-state index in [0.717, 1.165) is 94.3 Å². The molecule has 0 saturated heterocycles. The molecular formula is C45H28N6O. The molecule has 0 amide bonds. The Kier molecular flexibility index (Phi) is 6.99. The lowest BCUT2D eigenvalue weighted by atomic mass is 10.0. The van der Waals surface area contributed by atoms with Crippen LogP contribution in [0.15, 0.2) is 175 Å². The van der Waals surface area contributed by atoms with Gasteiger partial charge in [0.05, 0.1) is 16.7 Å². The molecule has 0 spiro atoms. The van der Waals surface area contributed by atoms with Gasteiger partial charge in [-0.1, -0.05) is 66.7 Å². The highest BCUT2D eigenvalue weighted by Crippen LogP contribution is 2.38. The molecule has 4 heterocycles. The first kappa shape index (κ1) is 29.6. The monoisotopic (exact) mass is 668 g/mol. The second kappa shape index (κ2) is 12.3. The standard InChI is InChI=1S/C45H28N6O/c1-2-4-44-39(3-1)40-26-48-43(23-45(40)52-44)31-9-17-38(18-10-31)51(36-13-5-29(6-14-36)32-11-19-41-34(21-32)24-46-27-49-41)37-15-7-30(8-16-37)33-12-20-42-35(22-33)25-47-28-50-42/h1-28H. The van der Waals surface area contributed by atoms with Crippen molar-refractivity contribution in [1.29, 1.82) is 0 Å². The lowest BCUT2D eigenvalue weighted by Gasteiger charge is -2.26. The molecule has 52 heavy (non-hydrogen) atoms. The van der Waals surface area contributed by atoms with Crippen LogP contribution in [-0.4, -0.2) is 24.9 Å². The van der Waals surface area contributed by atoms with Gasteiger partial charge in [-0.05, 0) is 89.0 Å². The lowest BCUT2D eigenvalue weighted by molar-refractivity contribution is 0.668. The predicted molar refractivity (Wildman–Crippen MR) is 209 cm³/mol. The van der Waals surface area contributed by atoms with Crippen LogP contribution in [0.5, 0.6) is 0 Å². The molecule has 0 atom stereocenters. The van der Waals surface area contributed by atoms with Gasteiger partial charge in [-0.15, -0.1) is 0 Å². The van der Waals surface area contributed by atoms with Gasteiger partial charge < -0.3 is 9.32 Å². The Bertz CT molecular complexity index is 2780. The summed E-state index contributed by atoms with van der Waals surface area (Å²) in [6.45, 7) is 0. The Hall–Kier alpha value is -7.25. The van der Waals surface area contributed by atoms with Crippen LogP contribution in [0.2, 0.25) is 0 Å². The van der Waals surface area contributed by atoms with E-state index in [9.17, 15) is 0 Å². The molecule has 4 aromatic heterocycles. The topological polar surface area (TPSA) is 80.8 Å². The molecule has 7 nitrogen and oxygen atoms in total. The highest BCUT2D eigenvalue weighted by atomic mass is 16.3. The molecule has 10 aromatic rings. The van der Waals surface area contributed by atoms with E-state index >= 15 is 0 Å². The zero-order chi connectivity index (χ0) is 34.4. The van der Waals surface area contributed by atoms with Crippen LogP contribution in [0.25, 0.3) is 77.3 Å². The number of para-hydroxylation sites is 1. The smallest absolute Gasteiger partial charge is 0.139 e. The second-order valence-corrected chi connectivity index (χ2v) is 12.7. The van der Waals surface area contributed by atoms with Crippen molar-refractivity contribution < 1.29 is 4.42 Å². The number of nitrogens with zero attached hydrogens (tertiary/aromatic N) is 6. The summed E-state index contributed by atoms with van der Waals surface area (Å²) in [4.78, 5) is 24.3. The fraction of sp³-hybridized carbons (Fsp3) is 0. The maximum Gasteiger partial charge on any atom is 0.139 e. The lowest BCUT2D eigenvalue weighted by Crippen LogP contribution is -2.09. The summed E-state index contributed by atoms with van der Waals surface area (Å²) in [5.74, 6) is 0. The van der Waals surface area contributed by atoms with E-state index in [0.29, 0.717) is 0 Å². The van der Waals surface area contributed by atoms with Crippen LogP contribution in [0.1, 0.15) is 0 Å². The van der Waals surface area contributed by atoms with Gasteiger partial charge in [-0.3, -0.25) is 4.98 Å². The Morgan fingerprint density at radius 3 is 1.50 bits per heavy atom. The third-order valence-corrected chi connectivity index (χ3v) is 9.61. The highest BCUT2D eigenvalue weighted by molar-refractivity contribution is 6.05. The van der Waals surface area contributed by atoms with Gasteiger partial charge in [0.2, 0.25) is 0 Å². The second-order valence-electron chi connectivity index (χ2n) is 12.7. The van der Waals surface area contributed by atoms with Gasteiger partial charge in [-0.25, -0.2) is 19.9 Å². The van der Waals surface area contributed by atoms with Crippen molar-refractivity contribution in [3.8, 4) is 33.5 Å². The molecule has 0 aliphatic carbocycles. The first-order chi connectivity index (χ1) is 25.7. The fourth-order valence-corrected chi connectivity index (χ4v) is 6.94. The van der Waals surface area contributed by atoms with Gasteiger partial charge >= 0.3 is 0 Å². The Morgan fingerprint density at radius 1 is 0.404 bits per heavy atom. The first-order valence-electron chi connectivity index (χ1n) is 17.0. The van der Waals surface area contributed by atoms with Gasteiger partial charge in [-0.2, -0.15) is 0 Å². The van der Waals surface area contributed by atoms with Crippen LogP contribution in [0.3, 0.4) is 0 Å². The number of anilines is 3. The number of hydrogen-bond donors (Lipinski definition) is 0. The van der Waals surface area contributed by atoms with Gasteiger partial charge in [0.15, 0.2) is 0 Å². The van der Waals surface area contributed by atoms with Crippen LogP contribution in [0, 0.1) is 0 Å². The maximum atomic E-state index is 6.16. The summed E-state index contributed by atoms with van der Waals surface area (Å²) in [6.07, 6.45) is 8.77. The molecule has 0 unspecified atom stereocenters. The zero-order valence-corrected chi connectivity index (χ0v) is 27.8. The molecule has 0 saturated carbocycles. The number of aromatic nitrogens is 5. The predicted octanol–water partition coefficient (Wildman–Crippen LogP) is 11.3. The number of fused-ring (bicyclic) bond motifs is 5. The average Bonchev–Trinajstić information content (AvgIpc) is 3.59. The van der Waals surface area contributed by atoms with Crippen molar-refractivity contribution in [1.82, 2.24) is 24.9 Å². The van der Waals surface area contributed by atoms with Gasteiger partial charge in [0.25, 0.3) is 0 Å². The van der Waals surface area contributed by atoms with Crippen molar-refractivity contribution in [2.45, 2.75) is 0 Å². The van der Waals surface area contributed by atoms with E-state index in [1.807, 2.05) is 55.0 Å². The number of benzene rings is 6. The molecule has 0 aliphatic rings. The van der Waals surface area contributed by atoms with Crippen LogP contribution in [-0.2, 0) is 0 Å². The normalized spacial score (nSPS) is 11.5. The minimum absolute atomic E-state index is 0.829.